The fourth-order valence-electron chi connectivity index (χ4n) is 2.04. The molecule has 2 heterocycles. The maximum atomic E-state index is 11.4. The first-order valence-corrected chi connectivity index (χ1v) is 5.08. The van der Waals surface area contributed by atoms with Crippen molar-refractivity contribution in [2.45, 2.75) is 31.8 Å². The van der Waals surface area contributed by atoms with Gasteiger partial charge in [0.05, 0.1) is 19.3 Å². The number of hydrogen-bond donors (Lipinski definition) is 0. The third kappa shape index (κ3) is 2.29. The SMILES string of the molecule is O=C1CCOCC1CC1CCCO1. The molecule has 2 saturated heterocycles. The van der Waals surface area contributed by atoms with E-state index in [1.165, 1.54) is 0 Å². The lowest BCUT2D eigenvalue weighted by atomic mass is 9.93. The highest BCUT2D eigenvalue weighted by Crippen LogP contribution is 2.23. The van der Waals surface area contributed by atoms with Crippen molar-refractivity contribution in [2.75, 3.05) is 19.8 Å². The minimum absolute atomic E-state index is 0.108. The minimum Gasteiger partial charge on any atom is -0.380 e. The van der Waals surface area contributed by atoms with E-state index in [4.69, 9.17) is 9.47 Å². The Morgan fingerprint density at radius 3 is 3.00 bits per heavy atom. The lowest BCUT2D eigenvalue weighted by Crippen LogP contribution is -2.30. The van der Waals surface area contributed by atoms with E-state index in [0.717, 1.165) is 25.9 Å². The summed E-state index contributed by atoms with van der Waals surface area (Å²) in [6, 6.07) is 0. The van der Waals surface area contributed by atoms with E-state index >= 15 is 0 Å². The molecule has 0 aromatic rings. The van der Waals surface area contributed by atoms with E-state index in [1.54, 1.807) is 0 Å². The molecule has 0 N–H and O–H groups in total. The quantitative estimate of drug-likeness (QED) is 0.646. The summed E-state index contributed by atoms with van der Waals surface area (Å²) in [4.78, 5) is 11.4. The number of carbonyl (C=O) groups excluding carboxylic acids is 1. The van der Waals surface area contributed by atoms with Crippen molar-refractivity contribution in [3.05, 3.63) is 0 Å². The summed E-state index contributed by atoms with van der Waals surface area (Å²) in [6.07, 6.45) is 4.04. The van der Waals surface area contributed by atoms with Crippen LogP contribution in [0.1, 0.15) is 25.7 Å². The van der Waals surface area contributed by atoms with Gasteiger partial charge in [-0.25, -0.2) is 0 Å². The van der Waals surface area contributed by atoms with Crippen LogP contribution in [0.15, 0.2) is 0 Å². The van der Waals surface area contributed by atoms with Gasteiger partial charge < -0.3 is 9.47 Å². The molecule has 0 aliphatic carbocycles. The lowest BCUT2D eigenvalue weighted by Gasteiger charge is -2.23. The van der Waals surface area contributed by atoms with Gasteiger partial charge in [0.25, 0.3) is 0 Å². The maximum Gasteiger partial charge on any atom is 0.140 e. The van der Waals surface area contributed by atoms with E-state index in [0.29, 0.717) is 31.5 Å². The molecule has 0 spiro atoms. The summed E-state index contributed by atoms with van der Waals surface area (Å²) >= 11 is 0. The van der Waals surface area contributed by atoms with E-state index in [-0.39, 0.29) is 5.92 Å². The molecular formula is C10H16O3. The monoisotopic (exact) mass is 184 g/mol. The molecule has 74 valence electrons. The Labute approximate surface area is 78.4 Å². The zero-order valence-corrected chi connectivity index (χ0v) is 7.83. The first-order valence-electron chi connectivity index (χ1n) is 5.08. The number of ether oxygens (including phenoxy) is 2. The smallest absolute Gasteiger partial charge is 0.140 e. The Kier molecular flexibility index (Phi) is 2.96. The third-order valence-corrected chi connectivity index (χ3v) is 2.84. The van der Waals surface area contributed by atoms with Gasteiger partial charge in [-0.2, -0.15) is 0 Å². The third-order valence-electron chi connectivity index (χ3n) is 2.84. The summed E-state index contributed by atoms with van der Waals surface area (Å²) in [6.45, 7) is 2.09. The summed E-state index contributed by atoms with van der Waals surface area (Å²) in [5, 5.41) is 0. The van der Waals surface area contributed by atoms with Crippen molar-refractivity contribution in [1.29, 1.82) is 0 Å². The fourth-order valence-corrected chi connectivity index (χ4v) is 2.04. The molecule has 2 fully saturated rings. The van der Waals surface area contributed by atoms with Crippen LogP contribution >= 0.6 is 0 Å². The molecule has 3 heteroatoms. The second-order valence-electron chi connectivity index (χ2n) is 3.86. The Morgan fingerprint density at radius 2 is 2.31 bits per heavy atom. The van der Waals surface area contributed by atoms with Crippen molar-refractivity contribution in [3.63, 3.8) is 0 Å². The van der Waals surface area contributed by atoms with E-state index in [9.17, 15) is 4.79 Å². The Morgan fingerprint density at radius 1 is 1.38 bits per heavy atom. The van der Waals surface area contributed by atoms with Crippen LogP contribution in [-0.2, 0) is 14.3 Å². The van der Waals surface area contributed by atoms with Gasteiger partial charge in [0.1, 0.15) is 5.78 Å². The topological polar surface area (TPSA) is 35.5 Å². The first kappa shape index (κ1) is 9.16. The van der Waals surface area contributed by atoms with Gasteiger partial charge in [-0.3, -0.25) is 4.79 Å². The van der Waals surface area contributed by atoms with Crippen LogP contribution in [0.3, 0.4) is 0 Å². The average molecular weight is 184 g/mol. The molecule has 3 nitrogen and oxygen atoms in total. The van der Waals surface area contributed by atoms with E-state index < -0.39 is 0 Å². The predicted molar refractivity (Wildman–Crippen MR) is 47.5 cm³/mol. The summed E-state index contributed by atoms with van der Waals surface area (Å²) in [5.41, 5.74) is 0. The first-order chi connectivity index (χ1) is 6.36. The molecule has 2 aliphatic heterocycles. The molecule has 2 rings (SSSR count). The number of ketones is 1. The highest BCUT2D eigenvalue weighted by atomic mass is 16.5. The summed E-state index contributed by atoms with van der Waals surface area (Å²) < 4.78 is 10.8. The van der Waals surface area contributed by atoms with Gasteiger partial charge in [-0.15, -0.1) is 0 Å². The fraction of sp³-hybridized carbons (Fsp3) is 0.900. The van der Waals surface area contributed by atoms with Crippen molar-refractivity contribution < 1.29 is 14.3 Å². The van der Waals surface area contributed by atoms with E-state index in [2.05, 4.69) is 0 Å². The zero-order chi connectivity index (χ0) is 9.10. The summed E-state index contributed by atoms with van der Waals surface area (Å²) in [5.74, 6) is 0.471. The molecule has 2 aliphatic rings. The predicted octanol–water partition coefficient (Wildman–Crippen LogP) is 1.16. The average Bonchev–Trinajstić information content (AvgIpc) is 2.61. The highest BCUT2D eigenvalue weighted by molar-refractivity contribution is 5.81. The van der Waals surface area contributed by atoms with Crippen LogP contribution < -0.4 is 0 Å². The Balaban J connectivity index is 1.81. The molecule has 0 bridgehead atoms. The van der Waals surface area contributed by atoms with Crippen molar-refractivity contribution in [1.82, 2.24) is 0 Å². The molecule has 0 aromatic heterocycles. The van der Waals surface area contributed by atoms with Gasteiger partial charge in [0.2, 0.25) is 0 Å². The van der Waals surface area contributed by atoms with Crippen LogP contribution in [0, 0.1) is 5.92 Å². The Bertz CT molecular complexity index is 185. The van der Waals surface area contributed by atoms with Crippen LogP contribution in [-0.4, -0.2) is 31.7 Å². The van der Waals surface area contributed by atoms with E-state index in [1.807, 2.05) is 0 Å². The van der Waals surface area contributed by atoms with Gasteiger partial charge in [-0.05, 0) is 19.3 Å². The standard InChI is InChI=1S/C10H16O3/c11-10-3-5-12-7-8(10)6-9-2-1-4-13-9/h8-9H,1-7H2. The minimum atomic E-state index is 0.108. The van der Waals surface area contributed by atoms with Crippen LogP contribution in [0.2, 0.25) is 0 Å². The molecule has 2 atom stereocenters. The molecule has 2 unspecified atom stereocenters. The Hall–Kier alpha value is -0.410. The number of carbonyl (C=O) groups is 1. The van der Waals surface area contributed by atoms with Gasteiger partial charge in [0, 0.05) is 18.9 Å². The molecule has 0 amide bonds. The molecule has 0 saturated carbocycles. The second kappa shape index (κ2) is 4.20. The van der Waals surface area contributed by atoms with Crippen LogP contribution in [0.25, 0.3) is 0 Å². The molecule has 13 heavy (non-hydrogen) atoms. The van der Waals surface area contributed by atoms with Crippen molar-refractivity contribution >= 4 is 5.78 Å². The number of hydrogen-bond acceptors (Lipinski definition) is 3. The molecular weight excluding hydrogens is 168 g/mol. The molecule has 0 radical (unpaired) electrons. The van der Waals surface area contributed by atoms with Crippen LogP contribution in [0.4, 0.5) is 0 Å². The number of Topliss-reactive ketones (excluding diaryl/α,β-unsaturated/α-hetero) is 1. The van der Waals surface area contributed by atoms with Crippen LogP contribution in [0.5, 0.6) is 0 Å². The van der Waals surface area contributed by atoms with Gasteiger partial charge in [-0.1, -0.05) is 0 Å². The maximum absolute atomic E-state index is 11.4. The molecule has 0 aromatic carbocycles. The van der Waals surface area contributed by atoms with Crippen molar-refractivity contribution in [2.24, 2.45) is 5.92 Å². The highest BCUT2D eigenvalue weighted by Gasteiger charge is 2.27. The van der Waals surface area contributed by atoms with Crippen molar-refractivity contribution in [3.8, 4) is 0 Å². The van der Waals surface area contributed by atoms with Gasteiger partial charge >= 0.3 is 0 Å². The lowest BCUT2D eigenvalue weighted by molar-refractivity contribution is -0.132. The van der Waals surface area contributed by atoms with Gasteiger partial charge in [0.15, 0.2) is 0 Å². The summed E-state index contributed by atoms with van der Waals surface area (Å²) in [7, 11) is 0. The number of rotatable bonds is 2. The second-order valence-corrected chi connectivity index (χ2v) is 3.86. The normalized spacial score (nSPS) is 35.2. The zero-order valence-electron chi connectivity index (χ0n) is 7.83. The largest absolute Gasteiger partial charge is 0.380 e.